The van der Waals surface area contributed by atoms with Crippen molar-refractivity contribution in [2.75, 3.05) is 5.88 Å². The molecule has 0 aliphatic heterocycles. The molecule has 1 aromatic heterocycles. The zero-order valence-electron chi connectivity index (χ0n) is 11.2. The quantitative estimate of drug-likeness (QED) is 0.560. The van der Waals surface area contributed by atoms with Crippen molar-refractivity contribution >= 4 is 50.2 Å². The maximum Gasteiger partial charge on any atom is 0.111 e. The zero-order chi connectivity index (χ0) is 14.8. The van der Waals surface area contributed by atoms with E-state index in [0.29, 0.717) is 10.9 Å². The average Bonchev–Trinajstić information content (AvgIpc) is 2.82. The van der Waals surface area contributed by atoms with Gasteiger partial charge in [-0.05, 0) is 23.8 Å². The number of halogens is 3. The predicted octanol–water partition coefficient (Wildman–Crippen LogP) is 5.28. The smallest absolute Gasteiger partial charge is 0.111 e. The Morgan fingerprint density at radius 3 is 2.67 bits per heavy atom. The Bertz CT molecular complexity index is 783. The van der Waals surface area contributed by atoms with Gasteiger partial charge in [-0.2, -0.15) is 0 Å². The molecule has 0 spiro atoms. The van der Waals surface area contributed by atoms with E-state index >= 15 is 0 Å². The first-order valence-electron chi connectivity index (χ1n) is 6.63. The number of imidazole rings is 1. The number of para-hydroxylation sites is 1. The third-order valence-corrected chi connectivity index (χ3v) is 4.68. The lowest BCUT2D eigenvalue weighted by molar-refractivity contribution is 0.752. The van der Waals surface area contributed by atoms with E-state index in [1.165, 1.54) is 5.56 Å². The summed E-state index contributed by atoms with van der Waals surface area (Å²) in [6, 6.07) is 14.1. The summed E-state index contributed by atoms with van der Waals surface area (Å²) >= 11 is 15.8. The number of aryl methyl sites for hydroxylation is 1. The molecule has 0 radical (unpaired) electrons. The highest BCUT2D eigenvalue weighted by molar-refractivity contribution is 9.10. The lowest BCUT2D eigenvalue weighted by atomic mass is 10.2. The normalized spacial score (nSPS) is 11.2. The minimum absolute atomic E-state index is 0.539. The van der Waals surface area contributed by atoms with Crippen LogP contribution in [-0.2, 0) is 13.0 Å². The van der Waals surface area contributed by atoms with Crippen LogP contribution in [0, 0.1) is 0 Å². The Morgan fingerprint density at radius 2 is 1.90 bits per heavy atom. The first-order valence-corrected chi connectivity index (χ1v) is 8.34. The minimum atomic E-state index is 0.539. The van der Waals surface area contributed by atoms with Gasteiger partial charge in [0.2, 0.25) is 0 Å². The van der Waals surface area contributed by atoms with E-state index in [-0.39, 0.29) is 0 Å². The summed E-state index contributed by atoms with van der Waals surface area (Å²) in [6.45, 7) is 0.741. The van der Waals surface area contributed by atoms with Crippen LogP contribution in [0.25, 0.3) is 11.0 Å². The first kappa shape index (κ1) is 14.9. The molecule has 3 aromatic rings. The van der Waals surface area contributed by atoms with Crippen molar-refractivity contribution in [1.82, 2.24) is 9.55 Å². The zero-order valence-corrected chi connectivity index (χ0v) is 14.3. The van der Waals surface area contributed by atoms with Gasteiger partial charge >= 0.3 is 0 Å². The number of rotatable bonds is 4. The van der Waals surface area contributed by atoms with Gasteiger partial charge in [-0.15, -0.1) is 11.6 Å². The molecule has 3 rings (SSSR count). The van der Waals surface area contributed by atoms with E-state index in [1.54, 1.807) is 0 Å². The van der Waals surface area contributed by atoms with Crippen molar-refractivity contribution < 1.29 is 0 Å². The molecule has 2 nitrogen and oxygen atoms in total. The molecule has 0 saturated carbocycles. The number of alkyl halides is 1. The summed E-state index contributed by atoms with van der Waals surface area (Å²) in [7, 11) is 0. The summed E-state index contributed by atoms with van der Waals surface area (Å²) in [5.41, 5.74) is 3.08. The molecule has 5 heteroatoms. The number of fused-ring (bicyclic) bond motifs is 1. The molecule has 0 bridgehead atoms. The van der Waals surface area contributed by atoms with Crippen LogP contribution in [0.4, 0.5) is 0 Å². The van der Waals surface area contributed by atoms with Gasteiger partial charge in [0.15, 0.2) is 0 Å². The maximum atomic E-state index is 6.26. The van der Waals surface area contributed by atoms with Crippen LogP contribution in [0.2, 0.25) is 5.02 Å². The van der Waals surface area contributed by atoms with Gasteiger partial charge in [0, 0.05) is 16.8 Å². The Morgan fingerprint density at radius 1 is 1.10 bits per heavy atom. The molecule has 0 unspecified atom stereocenters. The Labute approximate surface area is 141 Å². The number of hydrogen-bond acceptors (Lipinski definition) is 1. The van der Waals surface area contributed by atoms with Crippen molar-refractivity contribution in [3.63, 3.8) is 0 Å². The molecule has 0 fully saturated rings. The van der Waals surface area contributed by atoms with Crippen LogP contribution < -0.4 is 0 Å². The van der Waals surface area contributed by atoms with Crippen molar-refractivity contribution in [3.05, 3.63) is 63.3 Å². The summed E-state index contributed by atoms with van der Waals surface area (Å²) < 4.78 is 3.27. The molecule has 1 heterocycles. The van der Waals surface area contributed by atoms with E-state index in [1.807, 2.05) is 36.4 Å². The largest absolute Gasteiger partial charge is 0.323 e. The van der Waals surface area contributed by atoms with E-state index in [4.69, 9.17) is 23.2 Å². The second-order valence-electron chi connectivity index (χ2n) is 4.75. The molecular weight excluding hydrogens is 371 g/mol. The molecule has 2 aromatic carbocycles. The molecule has 108 valence electrons. The van der Waals surface area contributed by atoms with Crippen LogP contribution >= 0.6 is 39.1 Å². The standard InChI is InChI=1S/C16H13BrCl2N2/c17-12-5-2-1-4-11(12)10-21-14-7-3-6-13(19)16(14)20-15(21)8-9-18/h1-7H,8-10H2. The van der Waals surface area contributed by atoms with Crippen molar-refractivity contribution in [2.45, 2.75) is 13.0 Å². The molecule has 21 heavy (non-hydrogen) atoms. The van der Waals surface area contributed by atoms with Gasteiger partial charge in [0.1, 0.15) is 11.3 Å². The first-order chi connectivity index (χ1) is 10.2. The third-order valence-electron chi connectivity index (χ3n) is 3.41. The monoisotopic (exact) mass is 382 g/mol. The molecule has 0 amide bonds. The van der Waals surface area contributed by atoms with Crippen LogP contribution in [0.15, 0.2) is 46.9 Å². The highest BCUT2D eigenvalue weighted by Crippen LogP contribution is 2.26. The lowest BCUT2D eigenvalue weighted by Crippen LogP contribution is -2.06. The maximum absolute atomic E-state index is 6.26. The van der Waals surface area contributed by atoms with Crippen LogP contribution in [0.1, 0.15) is 11.4 Å². The van der Waals surface area contributed by atoms with Crippen molar-refractivity contribution in [2.24, 2.45) is 0 Å². The topological polar surface area (TPSA) is 17.8 Å². The summed E-state index contributed by atoms with van der Waals surface area (Å²) in [5, 5.41) is 0.675. The average molecular weight is 384 g/mol. The minimum Gasteiger partial charge on any atom is -0.323 e. The molecule has 0 N–H and O–H groups in total. The fourth-order valence-corrected chi connectivity index (χ4v) is 3.20. The fourth-order valence-electron chi connectivity index (χ4n) is 2.41. The van der Waals surface area contributed by atoms with Crippen LogP contribution in [0.3, 0.4) is 0 Å². The molecule has 0 atom stereocenters. The van der Waals surface area contributed by atoms with E-state index in [0.717, 1.165) is 34.3 Å². The lowest BCUT2D eigenvalue weighted by Gasteiger charge is -2.10. The second-order valence-corrected chi connectivity index (χ2v) is 6.39. The molecule has 0 saturated heterocycles. The Balaban J connectivity index is 2.13. The number of nitrogens with zero attached hydrogens (tertiary/aromatic N) is 2. The van der Waals surface area contributed by atoms with Gasteiger partial charge in [-0.1, -0.05) is 51.8 Å². The second kappa shape index (κ2) is 6.39. The van der Waals surface area contributed by atoms with Gasteiger partial charge in [-0.25, -0.2) is 4.98 Å². The van der Waals surface area contributed by atoms with E-state index in [9.17, 15) is 0 Å². The highest BCUT2D eigenvalue weighted by Gasteiger charge is 2.13. The summed E-state index contributed by atoms with van der Waals surface area (Å²) in [4.78, 5) is 4.66. The highest BCUT2D eigenvalue weighted by atomic mass is 79.9. The molecule has 0 aliphatic rings. The van der Waals surface area contributed by atoms with Gasteiger partial charge in [0.05, 0.1) is 17.1 Å². The number of hydrogen-bond donors (Lipinski definition) is 0. The van der Waals surface area contributed by atoms with Crippen LogP contribution in [-0.4, -0.2) is 15.4 Å². The Hall–Kier alpha value is -1.03. The van der Waals surface area contributed by atoms with Crippen molar-refractivity contribution in [1.29, 1.82) is 0 Å². The Kier molecular flexibility index (Phi) is 4.53. The molecular formula is C16H13BrCl2N2. The number of aromatic nitrogens is 2. The fraction of sp³-hybridized carbons (Fsp3) is 0.188. The molecule has 0 aliphatic carbocycles. The van der Waals surface area contributed by atoms with Crippen molar-refractivity contribution in [3.8, 4) is 0 Å². The van der Waals surface area contributed by atoms with Gasteiger partial charge in [-0.3, -0.25) is 0 Å². The summed E-state index contributed by atoms with van der Waals surface area (Å²) in [6.07, 6.45) is 0.719. The third kappa shape index (κ3) is 2.96. The van der Waals surface area contributed by atoms with Gasteiger partial charge < -0.3 is 4.57 Å². The van der Waals surface area contributed by atoms with Crippen LogP contribution in [0.5, 0.6) is 0 Å². The van der Waals surface area contributed by atoms with E-state index < -0.39 is 0 Å². The van der Waals surface area contributed by atoms with Gasteiger partial charge in [0.25, 0.3) is 0 Å². The SMILES string of the molecule is ClCCc1nc2c(Cl)cccc2n1Cc1ccccc1Br. The predicted molar refractivity (Wildman–Crippen MR) is 92.4 cm³/mol. The number of benzene rings is 2. The van der Waals surface area contributed by atoms with E-state index in [2.05, 4.69) is 31.5 Å². The summed E-state index contributed by atoms with van der Waals surface area (Å²) in [5.74, 6) is 1.50.